The van der Waals surface area contributed by atoms with E-state index >= 15 is 0 Å². The number of alkyl halides is 3. The Morgan fingerprint density at radius 1 is 1.00 bits per heavy atom. The maximum Gasteiger partial charge on any atom is 0.416 e. The molecule has 0 saturated carbocycles. The van der Waals surface area contributed by atoms with E-state index in [-0.39, 0.29) is 0 Å². The highest BCUT2D eigenvalue weighted by Crippen LogP contribution is 2.30. The molecule has 0 amide bonds. The summed E-state index contributed by atoms with van der Waals surface area (Å²) in [7, 11) is 0. The first kappa shape index (κ1) is 15.4. The molecule has 0 heterocycles. The van der Waals surface area contributed by atoms with Gasteiger partial charge in [0.05, 0.1) is 5.56 Å². The molecule has 0 aromatic heterocycles. The van der Waals surface area contributed by atoms with Gasteiger partial charge in [-0.25, -0.2) is 0 Å². The van der Waals surface area contributed by atoms with Crippen molar-refractivity contribution in [2.45, 2.75) is 26.2 Å². The lowest BCUT2D eigenvalue weighted by atomic mass is 10.0. The molecule has 5 heteroatoms. The van der Waals surface area contributed by atoms with Crippen LogP contribution in [0.4, 0.5) is 18.9 Å². The Labute approximate surface area is 121 Å². The molecule has 2 aromatic carbocycles. The zero-order valence-electron chi connectivity index (χ0n) is 11.7. The summed E-state index contributed by atoms with van der Waals surface area (Å²) in [4.78, 5) is 0. The van der Waals surface area contributed by atoms with Gasteiger partial charge in [0, 0.05) is 18.8 Å². The average Bonchev–Trinajstić information content (AvgIpc) is 2.41. The Kier molecular flexibility index (Phi) is 4.53. The van der Waals surface area contributed by atoms with Crippen LogP contribution in [0.2, 0.25) is 0 Å². The maximum atomic E-state index is 12.6. The van der Waals surface area contributed by atoms with Crippen molar-refractivity contribution < 1.29 is 13.2 Å². The number of benzene rings is 2. The number of nitrogen functional groups attached to an aromatic ring is 1. The third-order valence-corrected chi connectivity index (χ3v) is 3.29. The van der Waals surface area contributed by atoms with E-state index in [1.54, 1.807) is 6.92 Å². The monoisotopic (exact) mass is 294 g/mol. The maximum absolute atomic E-state index is 12.6. The molecule has 0 saturated heterocycles. The fourth-order valence-corrected chi connectivity index (χ4v) is 2.05. The zero-order valence-corrected chi connectivity index (χ0v) is 11.7. The van der Waals surface area contributed by atoms with Crippen LogP contribution in [0.5, 0.6) is 0 Å². The molecular formula is C16H17F3N2. The van der Waals surface area contributed by atoms with Crippen LogP contribution in [0, 0.1) is 6.92 Å². The van der Waals surface area contributed by atoms with Gasteiger partial charge in [-0.2, -0.15) is 13.2 Å². The molecule has 2 rings (SSSR count). The molecule has 0 radical (unpaired) electrons. The highest BCUT2D eigenvalue weighted by atomic mass is 19.4. The number of hydrogen-bond acceptors (Lipinski definition) is 2. The van der Waals surface area contributed by atoms with Gasteiger partial charge in [0.2, 0.25) is 0 Å². The summed E-state index contributed by atoms with van der Waals surface area (Å²) in [6.45, 7) is 2.85. The van der Waals surface area contributed by atoms with Crippen molar-refractivity contribution in [1.29, 1.82) is 0 Å². The van der Waals surface area contributed by atoms with Crippen molar-refractivity contribution in [3.63, 3.8) is 0 Å². The molecule has 0 aliphatic heterocycles. The summed E-state index contributed by atoms with van der Waals surface area (Å²) in [5.74, 6) is 0. The van der Waals surface area contributed by atoms with Crippen molar-refractivity contribution >= 4 is 5.69 Å². The lowest BCUT2D eigenvalue weighted by Gasteiger charge is -2.12. The topological polar surface area (TPSA) is 38.0 Å². The number of halogens is 3. The molecule has 2 nitrogen and oxygen atoms in total. The summed E-state index contributed by atoms with van der Waals surface area (Å²) < 4.78 is 37.7. The van der Waals surface area contributed by atoms with Gasteiger partial charge in [0.25, 0.3) is 0 Å². The molecule has 0 aliphatic carbocycles. The fraction of sp³-hybridized carbons (Fsp3) is 0.250. The van der Waals surface area contributed by atoms with Crippen LogP contribution in [0.15, 0.2) is 42.5 Å². The van der Waals surface area contributed by atoms with E-state index in [9.17, 15) is 13.2 Å². The van der Waals surface area contributed by atoms with Gasteiger partial charge < -0.3 is 11.1 Å². The minimum atomic E-state index is -4.29. The predicted octanol–water partition coefficient (Wildman–Crippen LogP) is 3.89. The molecule has 0 fully saturated rings. The molecule has 0 unspecified atom stereocenters. The number of hydrogen-bond donors (Lipinski definition) is 2. The molecule has 0 atom stereocenters. The number of aryl methyl sites for hydroxylation is 1. The molecule has 2 aromatic rings. The Hall–Kier alpha value is -2.01. The first-order valence-electron chi connectivity index (χ1n) is 6.58. The third-order valence-electron chi connectivity index (χ3n) is 3.29. The van der Waals surface area contributed by atoms with Crippen LogP contribution in [0.25, 0.3) is 0 Å². The van der Waals surface area contributed by atoms with Crippen molar-refractivity contribution in [2.75, 3.05) is 5.73 Å². The van der Waals surface area contributed by atoms with Gasteiger partial charge in [-0.1, -0.05) is 18.2 Å². The molecule has 0 spiro atoms. The van der Waals surface area contributed by atoms with Crippen molar-refractivity contribution in [3.05, 3.63) is 64.7 Å². The molecule has 112 valence electrons. The van der Waals surface area contributed by atoms with E-state index in [1.807, 2.05) is 24.3 Å². The smallest absolute Gasteiger partial charge is 0.399 e. The predicted molar refractivity (Wildman–Crippen MR) is 77.6 cm³/mol. The van der Waals surface area contributed by atoms with Crippen molar-refractivity contribution in [2.24, 2.45) is 0 Å². The first-order chi connectivity index (χ1) is 9.86. The summed E-state index contributed by atoms with van der Waals surface area (Å²) >= 11 is 0. The summed E-state index contributed by atoms with van der Waals surface area (Å²) in [6, 6.07) is 11.3. The number of nitrogens with two attached hydrogens (primary N) is 1. The van der Waals surface area contributed by atoms with Crippen LogP contribution < -0.4 is 11.1 Å². The first-order valence-corrected chi connectivity index (χ1v) is 6.58. The Morgan fingerprint density at radius 3 is 2.24 bits per heavy atom. The Morgan fingerprint density at radius 2 is 1.67 bits per heavy atom. The molecular weight excluding hydrogens is 277 g/mol. The fourth-order valence-electron chi connectivity index (χ4n) is 2.05. The van der Waals surface area contributed by atoms with Gasteiger partial charge in [-0.05, 0) is 47.9 Å². The lowest BCUT2D eigenvalue weighted by molar-refractivity contribution is -0.137. The number of anilines is 1. The van der Waals surface area contributed by atoms with Crippen molar-refractivity contribution in [3.8, 4) is 0 Å². The quantitative estimate of drug-likeness (QED) is 0.840. The second-order valence-corrected chi connectivity index (χ2v) is 4.98. The van der Waals surface area contributed by atoms with Gasteiger partial charge in [-0.15, -0.1) is 0 Å². The Balaban J connectivity index is 1.96. The van der Waals surface area contributed by atoms with E-state index in [0.717, 1.165) is 17.2 Å². The normalized spacial score (nSPS) is 11.6. The Bertz CT molecular complexity index is 604. The van der Waals surface area contributed by atoms with Crippen LogP contribution >= 0.6 is 0 Å². The number of rotatable bonds is 4. The average molecular weight is 294 g/mol. The van der Waals surface area contributed by atoms with Crippen LogP contribution in [-0.4, -0.2) is 0 Å². The zero-order chi connectivity index (χ0) is 15.5. The van der Waals surface area contributed by atoms with E-state index in [4.69, 9.17) is 5.73 Å². The third kappa shape index (κ3) is 4.23. The standard InChI is InChI=1S/C16H17F3N2/c1-11-8-14(16(17,18)19)5-4-13(11)10-21-9-12-2-6-15(20)7-3-12/h2-8,21H,9-10,20H2,1H3. The molecule has 3 N–H and O–H groups in total. The second kappa shape index (κ2) is 6.18. The van der Waals surface area contributed by atoms with E-state index in [1.165, 1.54) is 12.1 Å². The molecule has 0 bridgehead atoms. The van der Waals surface area contributed by atoms with Crippen LogP contribution in [0.3, 0.4) is 0 Å². The van der Waals surface area contributed by atoms with Crippen LogP contribution in [-0.2, 0) is 19.3 Å². The molecule has 21 heavy (non-hydrogen) atoms. The minimum Gasteiger partial charge on any atom is -0.399 e. The van der Waals surface area contributed by atoms with Crippen molar-refractivity contribution in [1.82, 2.24) is 5.32 Å². The van der Waals surface area contributed by atoms with Gasteiger partial charge in [0.1, 0.15) is 0 Å². The van der Waals surface area contributed by atoms with E-state index < -0.39 is 11.7 Å². The van der Waals surface area contributed by atoms with E-state index in [2.05, 4.69) is 5.32 Å². The number of nitrogens with one attached hydrogen (secondary N) is 1. The largest absolute Gasteiger partial charge is 0.416 e. The second-order valence-electron chi connectivity index (χ2n) is 4.98. The van der Waals surface area contributed by atoms with E-state index in [0.29, 0.717) is 24.3 Å². The highest BCUT2D eigenvalue weighted by molar-refractivity contribution is 5.39. The highest BCUT2D eigenvalue weighted by Gasteiger charge is 2.30. The van der Waals surface area contributed by atoms with Gasteiger partial charge >= 0.3 is 6.18 Å². The van der Waals surface area contributed by atoms with Crippen LogP contribution in [0.1, 0.15) is 22.3 Å². The minimum absolute atomic E-state index is 0.522. The van der Waals surface area contributed by atoms with Gasteiger partial charge in [-0.3, -0.25) is 0 Å². The molecule has 0 aliphatic rings. The lowest BCUT2D eigenvalue weighted by Crippen LogP contribution is -2.14. The van der Waals surface area contributed by atoms with Gasteiger partial charge in [0.15, 0.2) is 0 Å². The SMILES string of the molecule is Cc1cc(C(F)(F)F)ccc1CNCc1ccc(N)cc1. The summed E-state index contributed by atoms with van der Waals surface area (Å²) in [6.07, 6.45) is -4.29. The summed E-state index contributed by atoms with van der Waals surface area (Å²) in [5.41, 5.74) is 8.27. The summed E-state index contributed by atoms with van der Waals surface area (Å²) in [5, 5.41) is 3.21.